The summed E-state index contributed by atoms with van der Waals surface area (Å²) in [4.78, 5) is 15.8. The van der Waals surface area contributed by atoms with Crippen molar-refractivity contribution in [2.75, 3.05) is 17.6 Å². The van der Waals surface area contributed by atoms with Crippen molar-refractivity contribution in [1.82, 2.24) is 4.98 Å². The zero-order valence-corrected chi connectivity index (χ0v) is 11.9. The highest BCUT2D eigenvalue weighted by Gasteiger charge is 2.17. The fraction of sp³-hybridized carbons (Fsp3) is 0.214. The number of nitrogens with one attached hydrogen (secondary N) is 1. The number of pyridine rings is 1. The van der Waals surface area contributed by atoms with Gasteiger partial charge in [0.15, 0.2) is 0 Å². The predicted octanol–water partition coefficient (Wildman–Crippen LogP) is 3.50. The topological polar surface area (TPSA) is 68.1 Å². The summed E-state index contributed by atoms with van der Waals surface area (Å²) in [6.07, 6.45) is 1.58. The number of hydrogen-bond donors (Lipinski definition) is 1. The van der Waals surface area contributed by atoms with Gasteiger partial charge in [-0.3, -0.25) is 10.1 Å². The third kappa shape index (κ3) is 3.71. The monoisotopic (exact) mass is 289 g/mol. The van der Waals surface area contributed by atoms with Crippen LogP contribution in [0.5, 0.6) is 0 Å². The van der Waals surface area contributed by atoms with Crippen molar-refractivity contribution in [3.63, 3.8) is 0 Å². The summed E-state index contributed by atoms with van der Waals surface area (Å²) in [7, 11) is 0. The molecule has 0 unspecified atom stereocenters. The van der Waals surface area contributed by atoms with E-state index in [0.29, 0.717) is 17.9 Å². The number of thioether (sulfide) groups is 1. The fourth-order valence-corrected chi connectivity index (χ4v) is 2.55. The van der Waals surface area contributed by atoms with Crippen LogP contribution in [0.1, 0.15) is 5.56 Å². The van der Waals surface area contributed by atoms with Crippen molar-refractivity contribution in [3.05, 3.63) is 58.3 Å². The Morgan fingerprint density at radius 2 is 2.05 bits per heavy atom. The van der Waals surface area contributed by atoms with Gasteiger partial charge in [0, 0.05) is 29.0 Å². The lowest BCUT2D eigenvalue weighted by atomic mass is 10.2. The molecule has 0 atom stereocenters. The van der Waals surface area contributed by atoms with Crippen molar-refractivity contribution in [3.8, 4) is 0 Å². The second-order valence-electron chi connectivity index (χ2n) is 4.17. The first-order valence-electron chi connectivity index (χ1n) is 6.20. The van der Waals surface area contributed by atoms with Crippen LogP contribution in [0, 0.1) is 17.0 Å². The minimum absolute atomic E-state index is 0.0530. The normalized spacial score (nSPS) is 10.2. The maximum atomic E-state index is 11.0. The van der Waals surface area contributed by atoms with Gasteiger partial charge in [-0.05, 0) is 25.1 Å². The molecule has 0 spiro atoms. The molecule has 2 rings (SSSR count). The molecule has 1 aromatic heterocycles. The minimum Gasteiger partial charge on any atom is -0.363 e. The number of hydrogen-bond acceptors (Lipinski definition) is 5. The van der Waals surface area contributed by atoms with Crippen LogP contribution in [0.3, 0.4) is 0 Å². The van der Waals surface area contributed by atoms with Gasteiger partial charge in [0.05, 0.1) is 4.92 Å². The molecular weight excluding hydrogens is 274 g/mol. The molecule has 1 aromatic carbocycles. The first-order valence-corrected chi connectivity index (χ1v) is 7.19. The van der Waals surface area contributed by atoms with E-state index < -0.39 is 4.92 Å². The highest BCUT2D eigenvalue weighted by Crippen LogP contribution is 2.25. The van der Waals surface area contributed by atoms with E-state index in [9.17, 15) is 10.1 Å². The number of benzene rings is 1. The fourth-order valence-electron chi connectivity index (χ4n) is 1.77. The van der Waals surface area contributed by atoms with Gasteiger partial charge in [0.1, 0.15) is 0 Å². The highest BCUT2D eigenvalue weighted by molar-refractivity contribution is 7.99. The molecule has 1 N–H and O–H groups in total. The Bertz CT molecular complexity index is 590. The summed E-state index contributed by atoms with van der Waals surface area (Å²) in [5, 5.41) is 14.0. The number of rotatable bonds is 6. The van der Waals surface area contributed by atoms with Gasteiger partial charge >= 0.3 is 5.69 Å². The van der Waals surface area contributed by atoms with E-state index in [1.165, 1.54) is 4.90 Å². The lowest BCUT2D eigenvalue weighted by Gasteiger charge is -2.07. The van der Waals surface area contributed by atoms with Gasteiger partial charge in [-0.1, -0.05) is 18.2 Å². The van der Waals surface area contributed by atoms with E-state index in [1.807, 2.05) is 30.3 Å². The van der Waals surface area contributed by atoms with Crippen molar-refractivity contribution in [2.24, 2.45) is 0 Å². The Hall–Kier alpha value is -2.08. The Labute approximate surface area is 121 Å². The van der Waals surface area contributed by atoms with Crippen LogP contribution in [-0.2, 0) is 0 Å². The number of aromatic nitrogens is 1. The van der Waals surface area contributed by atoms with Crippen LogP contribution in [0.2, 0.25) is 0 Å². The molecule has 0 aliphatic heterocycles. The zero-order valence-electron chi connectivity index (χ0n) is 11.1. The molecule has 2 aromatic rings. The molecule has 20 heavy (non-hydrogen) atoms. The molecule has 0 fully saturated rings. The average Bonchev–Trinajstić information content (AvgIpc) is 2.44. The third-order valence-corrected chi connectivity index (χ3v) is 3.73. The molecule has 0 amide bonds. The maximum Gasteiger partial charge on any atom is 0.314 e. The number of aryl methyl sites for hydroxylation is 1. The molecule has 104 valence electrons. The summed E-state index contributed by atoms with van der Waals surface area (Å²) in [6, 6.07) is 11.7. The van der Waals surface area contributed by atoms with Gasteiger partial charge in [0.25, 0.3) is 0 Å². The Morgan fingerprint density at radius 3 is 2.75 bits per heavy atom. The predicted molar refractivity (Wildman–Crippen MR) is 81.3 cm³/mol. The smallest absolute Gasteiger partial charge is 0.314 e. The van der Waals surface area contributed by atoms with Crippen molar-refractivity contribution < 1.29 is 4.92 Å². The molecule has 0 aliphatic carbocycles. The second-order valence-corrected chi connectivity index (χ2v) is 5.34. The van der Waals surface area contributed by atoms with Crippen LogP contribution in [-0.4, -0.2) is 22.2 Å². The SMILES string of the molecule is Cc1ccnc(NCCSc2ccccc2)c1[N+](=O)[O-]. The summed E-state index contributed by atoms with van der Waals surface area (Å²) < 4.78 is 0. The van der Waals surface area contributed by atoms with Crippen molar-refractivity contribution in [2.45, 2.75) is 11.8 Å². The van der Waals surface area contributed by atoms with E-state index >= 15 is 0 Å². The lowest BCUT2D eigenvalue weighted by Crippen LogP contribution is -2.08. The minimum atomic E-state index is -0.394. The summed E-state index contributed by atoms with van der Waals surface area (Å²) >= 11 is 1.70. The van der Waals surface area contributed by atoms with Crippen molar-refractivity contribution in [1.29, 1.82) is 0 Å². The van der Waals surface area contributed by atoms with Crippen LogP contribution < -0.4 is 5.32 Å². The summed E-state index contributed by atoms with van der Waals surface area (Å²) in [6.45, 7) is 2.33. The second kappa shape index (κ2) is 6.91. The number of nitro groups is 1. The average molecular weight is 289 g/mol. The van der Waals surface area contributed by atoms with Gasteiger partial charge in [0.2, 0.25) is 5.82 Å². The molecule has 0 aliphatic rings. The van der Waals surface area contributed by atoms with E-state index in [4.69, 9.17) is 0 Å². The highest BCUT2D eigenvalue weighted by atomic mass is 32.2. The quantitative estimate of drug-likeness (QED) is 0.381. The largest absolute Gasteiger partial charge is 0.363 e. The summed E-state index contributed by atoms with van der Waals surface area (Å²) in [5.74, 6) is 1.15. The van der Waals surface area contributed by atoms with Crippen molar-refractivity contribution >= 4 is 23.3 Å². The van der Waals surface area contributed by atoms with Crippen LogP contribution >= 0.6 is 11.8 Å². The maximum absolute atomic E-state index is 11.0. The Morgan fingerprint density at radius 1 is 1.30 bits per heavy atom. The molecular formula is C14H15N3O2S. The molecule has 0 saturated heterocycles. The van der Waals surface area contributed by atoms with Gasteiger partial charge in [-0.15, -0.1) is 11.8 Å². The molecule has 5 nitrogen and oxygen atoms in total. The van der Waals surface area contributed by atoms with E-state index in [-0.39, 0.29) is 5.69 Å². The Balaban J connectivity index is 1.92. The lowest BCUT2D eigenvalue weighted by molar-refractivity contribution is -0.384. The molecule has 0 radical (unpaired) electrons. The van der Waals surface area contributed by atoms with Gasteiger partial charge < -0.3 is 5.32 Å². The third-order valence-electron chi connectivity index (χ3n) is 2.72. The molecule has 0 saturated carbocycles. The van der Waals surface area contributed by atoms with Crippen LogP contribution in [0.15, 0.2) is 47.5 Å². The van der Waals surface area contributed by atoms with Gasteiger partial charge in [-0.25, -0.2) is 4.98 Å². The first-order chi connectivity index (χ1) is 9.68. The molecule has 1 heterocycles. The molecule has 0 bridgehead atoms. The molecule has 6 heteroatoms. The van der Waals surface area contributed by atoms with Crippen LogP contribution in [0.25, 0.3) is 0 Å². The number of anilines is 1. The zero-order chi connectivity index (χ0) is 14.4. The van der Waals surface area contributed by atoms with Gasteiger partial charge in [-0.2, -0.15) is 0 Å². The van der Waals surface area contributed by atoms with E-state index in [1.54, 1.807) is 30.9 Å². The first kappa shape index (κ1) is 14.3. The Kier molecular flexibility index (Phi) is 4.95. The van der Waals surface area contributed by atoms with E-state index in [0.717, 1.165) is 5.75 Å². The van der Waals surface area contributed by atoms with Crippen LogP contribution in [0.4, 0.5) is 11.5 Å². The number of nitrogens with zero attached hydrogens (tertiary/aromatic N) is 2. The summed E-state index contributed by atoms with van der Waals surface area (Å²) in [5.41, 5.74) is 0.667. The standard InChI is InChI=1S/C14H15N3O2S/c1-11-7-8-15-14(13(11)17(18)19)16-9-10-20-12-5-3-2-4-6-12/h2-8H,9-10H2,1H3,(H,15,16). The van der Waals surface area contributed by atoms with E-state index in [2.05, 4.69) is 10.3 Å².